The Morgan fingerprint density at radius 1 is 1.27 bits per heavy atom. The highest BCUT2D eigenvalue weighted by atomic mass is 16.4. The highest BCUT2D eigenvalue weighted by Crippen LogP contribution is 2.53. The zero-order chi connectivity index (χ0) is 16.3. The van der Waals surface area contributed by atoms with Gasteiger partial charge in [0, 0.05) is 6.42 Å². The van der Waals surface area contributed by atoms with E-state index in [2.05, 4.69) is 27.7 Å². The molecule has 126 valence electrons. The number of aliphatic carboxylic acids is 1. The molecule has 2 heteroatoms. The van der Waals surface area contributed by atoms with Crippen molar-refractivity contribution in [2.24, 2.45) is 23.2 Å². The summed E-state index contributed by atoms with van der Waals surface area (Å²) in [5.41, 5.74) is 3.86. The lowest BCUT2D eigenvalue weighted by molar-refractivity contribution is -0.137. The molecule has 0 aromatic rings. The molecule has 2 nitrogen and oxygen atoms in total. The molecular formula is C20H34O2. The van der Waals surface area contributed by atoms with Gasteiger partial charge in [-0.1, -0.05) is 45.3 Å². The largest absolute Gasteiger partial charge is 0.481 e. The first-order valence-corrected chi connectivity index (χ1v) is 9.27. The fourth-order valence-corrected chi connectivity index (χ4v) is 4.73. The molecule has 0 bridgehead atoms. The molecule has 0 heterocycles. The Morgan fingerprint density at radius 2 is 2.00 bits per heavy atom. The Hall–Kier alpha value is -0.790. The van der Waals surface area contributed by atoms with Gasteiger partial charge in [-0.05, 0) is 68.1 Å². The van der Waals surface area contributed by atoms with Gasteiger partial charge in [0.05, 0.1) is 0 Å². The molecular weight excluding hydrogens is 272 g/mol. The number of hydrogen-bond donors (Lipinski definition) is 1. The maximum Gasteiger partial charge on any atom is 0.303 e. The van der Waals surface area contributed by atoms with Gasteiger partial charge in [0.1, 0.15) is 0 Å². The first kappa shape index (κ1) is 17.6. The van der Waals surface area contributed by atoms with E-state index in [1.165, 1.54) is 38.5 Å². The summed E-state index contributed by atoms with van der Waals surface area (Å²) < 4.78 is 0. The summed E-state index contributed by atoms with van der Waals surface area (Å²) in [5.74, 6) is 1.77. The van der Waals surface area contributed by atoms with E-state index in [1.807, 2.05) is 0 Å². The van der Waals surface area contributed by atoms with Gasteiger partial charge >= 0.3 is 5.97 Å². The summed E-state index contributed by atoms with van der Waals surface area (Å²) in [6.45, 7) is 9.61. The second-order valence-electron chi connectivity index (χ2n) is 8.29. The maximum absolute atomic E-state index is 10.7. The minimum Gasteiger partial charge on any atom is -0.481 e. The second-order valence-corrected chi connectivity index (χ2v) is 8.29. The number of carbonyl (C=O) groups is 1. The van der Waals surface area contributed by atoms with Crippen LogP contribution in [0, 0.1) is 23.2 Å². The fourth-order valence-electron chi connectivity index (χ4n) is 4.73. The molecule has 2 rings (SSSR count). The minimum atomic E-state index is -0.654. The standard InChI is InChI=1S/C20H34O2/c1-14(2)16-10-11-18-17(13-16)9-8-15(3)20(18,4)12-6-5-7-19(21)22/h14-16H,5-13H2,1-4H3,(H,21,22)/t15?,16-,20+/m1/s1. The monoisotopic (exact) mass is 306 g/mol. The van der Waals surface area contributed by atoms with Crippen LogP contribution in [-0.4, -0.2) is 11.1 Å². The predicted octanol–water partition coefficient (Wildman–Crippen LogP) is 5.82. The van der Waals surface area contributed by atoms with Gasteiger partial charge in [-0.3, -0.25) is 4.79 Å². The molecule has 2 aliphatic carbocycles. The van der Waals surface area contributed by atoms with Gasteiger partial charge in [-0.15, -0.1) is 0 Å². The summed E-state index contributed by atoms with van der Waals surface area (Å²) in [5, 5.41) is 8.83. The number of allylic oxidation sites excluding steroid dienone is 2. The van der Waals surface area contributed by atoms with Crippen LogP contribution in [0.1, 0.15) is 85.5 Å². The number of carboxylic acids is 1. The van der Waals surface area contributed by atoms with Gasteiger partial charge < -0.3 is 5.11 Å². The first-order chi connectivity index (χ1) is 10.3. The van der Waals surface area contributed by atoms with Gasteiger partial charge in [0.2, 0.25) is 0 Å². The van der Waals surface area contributed by atoms with Crippen molar-refractivity contribution in [3.05, 3.63) is 11.1 Å². The van der Waals surface area contributed by atoms with Crippen LogP contribution in [0.15, 0.2) is 11.1 Å². The number of rotatable bonds is 6. The lowest BCUT2D eigenvalue weighted by Gasteiger charge is -2.47. The van der Waals surface area contributed by atoms with Crippen molar-refractivity contribution in [1.29, 1.82) is 0 Å². The lowest BCUT2D eigenvalue weighted by atomic mass is 9.58. The SMILES string of the molecule is CC(C)[C@@H]1CCC2=C(CCC(C)[C@]2(C)CCCCC(=O)O)C1. The normalized spacial score (nSPS) is 32.2. The van der Waals surface area contributed by atoms with E-state index in [4.69, 9.17) is 5.11 Å². The summed E-state index contributed by atoms with van der Waals surface area (Å²) in [7, 11) is 0. The zero-order valence-corrected chi connectivity index (χ0v) is 15.0. The van der Waals surface area contributed by atoms with Crippen LogP contribution in [0.4, 0.5) is 0 Å². The van der Waals surface area contributed by atoms with Gasteiger partial charge in [-0.25, -0.2) is 0 Å². The molecule has 0 saturated carbocycles. The Kier molecular flexibility index (Phi) is 5.74. The highest BCUT2D eigenvalue weighted by Gasteiger charge is 2.41. The van der Waals surface area contributed by atoms with Crippen molar-refractivity contribution in [1.82, 2.24) is 0 Å². The number of hydrogen-bond acceptors (Lipinski definition) is 1. The molecule has 0 spiro atoms. The third-order valence-electron chi connectivity index (χ3n) is 6.64. The van der Waals surface area contributed by atoms with Crippen molar-refractivity contribution >= 4 is 5.97 Å². The van der Waals surface area contributed by atoms with Crippen LogP contribution in [0.3, 0.4) is 0 Å². The van der Waals surface area contributed by atoms with E-state index in [0.717, 1.165) is 30.6 Å². The minimum absolute atomic E-state index is 0.325. The Bertz CT molecular complexity index is 435. The maximum atomic E-state index is 10.7. The number of carboxylic acid groups (broad SMARTS) is 1. The fraction of sp³-hybridized carbons (Fsp3) is 0.850. The smallest absolute Gasteiger partial charge is 0.303 e. The van der Waals surface area contributed by atoms with Gasteiger partial charge in [0.25, 0.3) is 0 Å². The summed E-state index contributed by atoms with van der Waals surface area (Å²) in [4.78, 5) is 10.7. The summed E-state index contributed by atoms with van der Waals surface area (Å²) in [6, 6.07) is 0. The Labute approximate surface area is 136 Å². The van der Waals surface area contributed by atoms with E-state index in [9.17, 15) is 4.79 Å². The lowest BCUT2D eigenvalue weighted by Crippen LogP contribution is -2.35. The molecule has 0 fully saturated rings. The van der Waals surface area contributed by atoms with Crippen LogP contribution in [0.25, 0.3) is 0 Å². The van der Waals surface area contributed by atoms with Crippen LogP contribution in [0.2, 0.25) is 0 Å². The third kappa shape index (κ3) is 3.75. The Morgan fingerprint density at radius 3 is 2.64 bits per heavy atom. The molecule has 1 unspecified atom stereocenters. The van der Waals surface area contributed by atoms with E-state index in [0.29, 0.717) is 11.8 Å². The topological polar surface area (TPSA) is 37.3 Å². The average molecular weight is 306 g/mol. The molecule has 0 saturated heterocycles. The summed E-state index contributed by atoms with van der Waals surface area (Å²) in [6.07, 6.45) is 9.98. The second kappa shape index (κ2) is 7.19. The van der Waals surface area contributed by atoms with Crippen LogP contribution < -0.4 is 0 Å². The van der Waals surface area contributed by atoms with Gasteiger partial charge in [0.15, 0.2) is 0 Å². The molecule has 2 aliphatic rings. The molecule has 0 aromatic carbocycles. The molecule has 22 heavy (non-hydrogen) atoms. The van der Waals surface area contributed by atoms with Crippen LogP contribution in [-0.2, 0) is 4.79 Å². The van der Waals surface area contributed by atoms with Crippen LogP contribution >= 0.6 is 0 Å². The van der Waals surface area contributed by atoms with Crippen molar-refractivity contribution in [3.63, 3.8) is 0 Å². The van der Waals surface area contributed by atoms with E-state index in [-0.39, 0.29) is 0 Å². The number of unbranched alkanes of at least 4 members (excludes halogenated alkanes) is 1. The zero-order valence-electron chi connectivity index (χ0n) is 15.0. The summed E-state index contributed by atoms with van der Waals surface area (Å²) >= 11 is 0. The molecule has 0 aliphatic heterocycles. The van der Waals surface area contributed by atoms with Gasteiger partial charge in [-0.2, -0.15) is 0 Å². The Balaban J connectivity index is 2.07. The van der Waals surface area contributed by atoms with E-state index >= 15 is 0 Å². The molecule has 1 N–H and O–H groups in total. The third-order valence-corrected chi connectivity index (χ3v) is 6.64. The van der Waals surface area contributed by atoms with Crippen molar-refractivity contribution in [2.75, 3.05) is 0 Å². The van der Waals surface area contributed by atoms with Crippen molar-refractivity contribution < 1.29 is 9.90 Å². The highest BCUT2D eigenvalue weighted by molar-refractivity contribution is 5.66. The molecule has 0 aromatic heterocycles. The first-order valence-electron chi connectivity index (χ1n) is 9.27. The van der Waals surface area contributed by atoms with Crippen molar-refractivity contribution in [3.8, 4) is 0 Å². The van der Waals surface area contributed by atoms with E-state index in [1.54, 1.807) is 11.1 Å². The van der Waals surface area contributed by atoms with Crippen LogP contribution in [0.5, 0.6) is 0 Å². The van der Waals surface area contributed by atoms with Crippen molar-refractivity contribution in [2.45, 2.75) is 85.5 Å². The molecule has 3 atom stereocenters. The molecule has 0 radical (unpaired) electrons. The quantitative estimate of drug-likeness (QED) is 0.496. The average Bonchev–Trinajstić information content (AvgIpc) is 2.47. The van der Waals surface area contributed by atoms with E-state index < -0.39 is 5.97 Å². The predicted molar refractivity (Wildman–Crippen MR) is 91.8 cm³/mol. The molecule has 0 amide bonds.